The molecule has 1 heterocycles. The van der Waals surface area contributed by atoms with Gasteiger partial charge in [0.2, 0.25) is 0 Å². The summed E-state index contributed by atoms with van der Waals surface area (Å²) in [5, 5.41) is 0.194. The highest BCUT2D eigenvalue weighted by Crippen LogP contribution is 2.01. The van der Waals surface area contributed by atoms with Crippen molar-refractivity contribution in [1.29, 1.82) is 0 Å². The van der Waals surface area contributed by atoms with Crippen LogP contribution in [0.5, 0.6) is 0 Å². The molecule has 1 saturated heterocycles. The van der Waals surface area contributed by atoms with E-state index in [4.69, 9.17) is 16.3 Å². The van der Waals surface area contributed by atoms with E-state index >= 15 is 0 Å². The standard InChI is InChI=1S/C5H10ClNO2S/c6-5-10(8)7-1-3-9-4-2-7/h1-5H2. The first-order chi connectivity index (χ1) is 4.84. The number of nitrogens with zero attached hydrogens (tertiary/aromatic N) is 1. The van der Waals surface area contributed by atoms with Crippen LogP contribution in [0.1, 0.15) is 0 Å². The van der Waals surface area contributed by atoms with Crippen LogP contribution >= 0.6 is 11.6 Å². The average molecular weight is 184 g/mol. The molecule has 0 amide bonds. The Balaban J connectivity index is 2.31. The predicted octanol–water partition coefficient (Wildman–Crippen LogP) is 0.179. The van der Waals surface area contributed by atoms with Crippen molar-refractivity contribution in [3.63, 3.8) is 0 Å². The van der Waals surface area contributed by atoms with Gasteiger partial charge in [-0.25, -0.2) is 8.51 Å². The first-order valence-corrected chi connectivity index (χ1v) is 4.93. The van der Waals surface area contributed by atoms with Crippen LogP contribution in [0.4, 0.5) is 0 Å². The largest absolute Gasteiger partial charge is 0.379 e. The molecule has 0 aliphatic carbocycles. The van der Waals surface area contributed by atoms with Crippen LogP contribution in [0.2, 0.25) is 0 Å². The van der Waals surface area contributed by atoms with Crippen LogP contribution in [-0.4, -0.2) is 40.0 Å². The Morgan fingerprint density at radius 3 is 2.60 bits per heavy atom. The number of ether oxygens (including phenoxy) is 1. The lowest BCUT2D eigenvalue weighted by molar-refractivity contribution is 0.0753. The van der Waals surface area contributed by atoms with E-state index in [1.807, 2.05) is 4.31 Å². The number of halogens is 1. The summed E-state index contributed by atoms with van der Waals surface area (Å²) >= 11 is 5.40. The maximum Gasteiger partial charge on any atom is 0.113 e. The van der Waals surface area contributed by atoms with Gasteiger partial charge in [0, 0.05) is 13.1 Å². The van der Waals surface area contributed by atoms with E-state index in [0.717, 1.165) is 13.1 Å². The Hall–Kier alpha value is 0.360. The van der Waals surface area contributed by atoms with Crippen LogP contribution in [0.15, 0.2) is 0 Å². The molecule has 0 N–H and O–H groups in total. The molecule has 0 aromatic carbocycles. The Bertz CT molecular complexity index is 127. The molecule has 60 valence electrons. The summed E-state index contributed by atoms with van der Waals surface area (Å²) in [6.07, 6.45) is 0. The van der Waals surface area contributed by atoms with Gasteiger partial charge in [0.25, 0.3) is 0 Å². The van der Waals surface area contributed by atoms with Gasteiger partial charge in [-0.3, -0.25) is 0 Å². The van der Waals surface area contributed by atoms with Crippen molar-refractivity contribution in [3.8, 4) is 0 Å². The maximum atomic E-state index is 11.0. The Morgan fingerprint density at radius 2 is 2.10 bits per heavy atom. The summed E-state index contributed by atoms with van der Waals surface area (Å²) in [4.78, 5) is 0. The van der Waals surface area contributed by atoms with Gasteiger partial charge in [0.1, 0.15) is 16.2 Å². The van der Waals surface area contributed by atoms with Gasteiger partial charge < -0.3 is 4.74 Å². The van der Waals surface area contributed by atoms with Gasteiger partial charge in [0.15, 0.2) is 0 Å². The third-order valence-electron chi connectivity index (χ3n) is 1.35. The first-order valence-electron chi connectivity index (χ1n) is 3.11. The van der Waals surface area contributed by atoms with Crippen LogP contribution < -0.4 is 0 Å². The quantitative estimate of drug-likeness (QED) is 0.572. The van der Waals surface area contributed by atoms with Crippen molar-refractivity contribution >= 4 is 22.6 Å². The SMILES string of the molecule is O=S(CCl)N1CCOCC1. The number of morpholine rings is 1. The van der Waals surface area contributed by atoms with Crippen molar-refractivity contribution in [1.82, 2.24) is 4.31 Å². The van der Waals surface area contributed by atoms with E-state index in [0.29, 0.717) is 13.2 Å². The van der Waals surface area contributed by atoms with Crippen LogP contribution in [0.25, 0.3) is 0 Å². The molecule has 1 atom stereocenters. The monoisotopic (exact) mass is 183 g/mol. The molecule has 1 rings (SSSR count). The molecule has 0 aromatic rings. The van der Waals surface area contributed by atoms with Crippen molar-refractivity contribution in [3.05, 3.63) is 0 Å². The highest BCUT2D eigenvalue weighted by Gasteiger charge is 2.14. The predicted molar refractivity (Wildman–Crippen MR) is 41.3 cm³/mol. The molecule has 10 heavy (non-hydrogen) atoms. The van der Waals surface area contributed by atoms with E-state index in [-0.39, 0.29) is 5.21 Å². The molecule has 3 nitrogen and oxygen atoms in total. The smallest absolute Gasteiger partial charge is 0.113 e. The number of alkyl halides is 1. The first kappa shape index (κ1) is 8.46. The molecule has 1 fully saturated rings. The summed E-state index contributed by atoms with van der Waals surface area (Å²) < 4.78 is 17.9. The Labute approximate surface area is 67.9 Å². The van der Waals surface area contributed by atoms with Crippen molar-refractivity contribution < 1.29 is 8.95 Å². The lowest BCUT2D eigenvalue weighted by Gasteiger charge is -2.24. The normalized spacial score (nSPS) is 24.5. The van der Waals surface area contributed by atoms with E-state index < -0.39 is 11.0 Å². The maximum absolute atomic E-state index is 11.0. The molecular formula is C5H10ClNO2S. The minimum Gasteiger partial charge on any atom is -0.379 e. The molecule has 1 aliphatic rings. The number of hydrogen-bond acceptors (Lipinski definition) is 2. The minimum atomic E-state index is -0.995. The van der Waals surface area contributed by atoms with Crippen LogP contribution in [0, 0.1) is 0 Å². The molecule has 0 saturated carbocycles. The van der Waals surface area contributed by atoms with Crippen molar-refractivity contribution in [2.75, 3.05) is 31.5 Å². The summed E-state index contributed by atoms with van der Waals surface area (Å²) in [7, 11) is -0.995. The second-order valence-corrected chi connectivity index (χ2v) is 4.00. The molecule has 1 aliphatic heterocycles. The van der Waals surface area contributed by atoms with E-state index in [9.17, 15) is 4.21 Å². The van der Waals surface area contributed by atoms with Gasteiger partial charge in [-0.05, 0) is 0 Å². The van der Waals surface area contributed by atoms with Gasteiger partial charge in [0.05, 0.1) is 13.2 Å². The third kappa shape index (κ3) is 2.20. The highest BCUT2D eigenvalue weighted by molar-refractivity contribution is 7.83. The van der Waals surface area contributed by atoms with Crippen molar-refractivity contribution in [2.24, 2.45) is 0 Å². The number of hydrogen-bond donors (Lipinski definition) is 0. The summed E-state index contributed by atoms with van der Waals surface area (Å²) in [5.74, 6) is 0. The topological polar surface area (TPSA) is 29.5 Å². The Kier molecular flexibility index (Phi) is 3.62. The lowest BCUT2D eigenvalue weighted by atomic mass is 10.5. The molecule has 5 heteroatoms. The second-order valence-electron chi connectivity index (χ2n) is 1.97. The minimum absolute atomic E-state index is 0.194. The zero-order valence-corrected chi connectivity index (χ0v) is 7.16. The van der Waals surface area contributed by atoms with Gasteiger partial charge in [-0.15, -0.1) is 11.6 Å². The Morgan fingerprint density at radius 1 is 1.50 bits per heavy atom. The summed E-state index contributed by atoms with van der Waals surface area (Å²) in [6, 6.07) is 0. The van der Waals surface area contributed by atoms with E-state index in [1.165, 1.54) is 0 Å². The van der Waals surface area contributed by atoms with Gasteiger partial charge in [-0.2, -0.15) is 0 Å². The molecular weight excluding hydrogens is 174 g/mol. The molecule has 0 bridgehead atoms. The molecule has 1 unspecified atom stereocenters. The second kappa shape index (κ2) is 4.28. The molecule has 0 aromatic heterocycles. The molecule has 0 radical (unpaired) electrons. The van der Waals surface area contributed by atoms with Gasteiger partial charge >= 0.3 is 0 Å². The summed E-state index contributed by atoms with van der Waals surface area (Å²) in [6.45, 7) is 2.81. The fourth-order valence-corrected chi connectivity index (χ4v) is 1.93. The fraction of sp³-hybridized carbons (Fsp3) is 1.00. The molecule has 0 spiro atoms. The van der Waals surface area contributed by atoms with Crippen LogP contribution in [-0.2, 0) is 15.7 Å². The fourth-order valence-electron chi connectivity index (χ4n) is 0.819. The zero-order chi connectivity index (χ0) is 7.40. The number of rotatable bonds is 2. The average Bonchev–Trinajstić information content (AvgIpc) is 2.05. The lowest BCUT2D eigenvalue weighted by Crippen LogP contribution is -2.37. The summed E-state index contributed by atoms with van der Waals surface area (Å²) in [5.41, 5.74) is 0. The highest BCUT2D eigenvalue weighted by atomic mass is 35.5. The van der Waals surface area contributed by atoms with Gasteiger partial charge in [-0.1, -0.05) is 0 Å². The zero-order valence-electron chi connectivity index (χ0n) is 5.59. The van der Waals surface area contributed by atoms with E-state index in [2.05, 4.69) is 0 Å². The van der Waals surface area contributed by atoms with Crippen molar-refractivity contribution in [2.45, 2.75) is 0 Å². The van der Waals surface area contributed by atoms with E-state index in [1.54, 1.807) is 0 Å². The third-order valence-corrected chi connectivity index (χ3v) is 3.04. The van der Waals surface area contributed by atoms with Crippen LogP contribution in [0.3, 0.4) is 0 Å².